The Morgan fingerprint density at radius 3 is 2.92 bits per heavy atom. The molecule has 0 spiro atoms. The Balaban J connectivity index is 1.45. The minimum absolute atomic E-state index is 0.141. The van der Waals surface area contributed by atoms with Crippen molar-refractivity contribution in [3.63, 3.8) is 0 Å². The zero-order valence-corrected chi connectivity index (χ0v) is 23.8. The van der Waals surface area contributed by atoms with Gasteiger partial charge in [0.1, 0.15) is 11.1 Å². The Bertz CT molecular complexity index is 1290. The zero-order valence-electron chi connectivity index (χ0n) is 21.4. The van der Waals surface area contributed by atoms with Crippen molar-refractivity contribution in [2.24, 2.45) is 11.3 Å². The molecular weight excluding hydrogens is 507 g/mol. The maximum absolute atomic E-state index is 12.9. The Hall–Kier alpha value is -2.41. The Kier molecular flexibility index (Phi) is 8.38. The average Bonchev–Trinajstić information content (AvgIpc) is 3.54. The molecule has 1 unspecified atom stereocenters. The summed E-state index contributed by atoms with van der Waals surface area (Å²) in [5, 5.41) is 25.1. The fourth-order valence-corrected chi connectivity index (χ4v) is 7.61. The number of aromatic nitrogens is 3. The van der Waals surface area contributed by atoms with Gasteiger partial charge in [-0.25, -0.2) is 0 Å². The fraction of sp³-hybridized carbons (Fsp3) is 0.481. The summed E-state index contributed by atoms with van der Waals surface area (Å²) < 4.78 is 2.00. The summed E-state index contributed by atoms with van der Waals surface area (Å²) in [6.07, 6.45) is 6.92. The maximum Gasteiger partial charge on any atom is 0.235 e. The van der Waals surface area contributed by atoms with Crippen LogP contribution in [0.1, 0.15) is 61.4 Å². The zero-order chi connectivity index (χ0) is 25.9. The number of thioether (sulfide) groups is 1. The van der Waals surface area contributed by atoms with Gasteiger partial charge >= 0.3 is 0 Å². The largest absolute Gasteiger partial charge is 0.316 e. The summed E-state index contributed by atoms with van der Waals surface area (Å²) in [5.74, 6) is 1.43. The number of nitriles is 1. The van der Waals surface area contributed by atoms with E-state index in [1.165, 1.54) is 21.5 Å². The van der Waals surface area contributed by atoms with Gasteiger partial charge in [0.15, 0.2) is 11.0 Å². The maximum atomic E-state index is 12.9. The number of fused-ring (bicyclic) bond motifs is 1. The summed E-state index contributed by atoms with van der Waals surface area (Å²) in [6.45, 7) is 13.5. The minimum Gasteiger partial charge on any atom is -0.316 e. The number of aryl methyl sites for hydroxylation is 1. The molecule has 0 fully saturated rings. The van der Waals surface area contributed by atoms with E-state index < -0.39 is 0 Å². The van der Waals surface area contributed by atoms with E-state index in [0.717, 1.165) is 49.1 Å². The lowest BCUT2D eigenvalue weighted by molar-refractivity contribution is -0.113. The number of anilines is 1. The van der Waals surface area contributed by atoms with Crippen molar-refractivity contribution in [1.29, 1.82) is 5.26 Å². The van der Waals surface area contributed by atoms with E-state index in [9.17, 15) is 10.1 Å². The summed E-state index contributed by atoms with van der Waals surface area (Å²) in [7, 11) is 0. The first-order chi connectivity index (χ1) is 17.2. The number of carbonyl (C=O) groups excluding carboxylic acids is 1. The topological polar surface area (TPSA) is 83.6 Å². The Morgan fingerprint density at radius 1 is 1.42 bits per heavy atom. The van der Waals surface area contributed by atoms with E-state index in [4.69, 9.17) is 0 Å². The monoisotopic (exact) mass is 539 g/mol. The number of amides is 1. The van der Waals surface area contributed by atoms with Crippen LogP contribution in [0.25, 0.3) is 11.4 Å². The van der Waals surface area contributed by atoms with E-state index in [0.29, 0.717) is 28.2 Å². The van der Waals surface area contributed by atoms with Crippen LogP contribution in [0.4, 0.5) is 5.00 Å². The molecule has 3 aromatic heterocycles. The molecule has 36 heavy (non-hydrogen) atoms. The molecule has 0 radical (unpaired) electrons. The summed E-state index contributed by atoms with van der Waals surface area (Å²) in [6, 6.07) is 4.52. The lowest BCUT2D eigenvalue weighted by Crippen LogP contribution is -2.26. The summed E-state index contributed by atoms with van der Waals surface area (Å²) in [4.78, 5) is 15.5. The van der Waals surface area contributed by atoms with Crippen LogP contribution < -0.4 is 5.32 Å². The van der Waals surface area contributed by atoms with Crippen LogP contribution in [0.15, 0.2) is 29.3 Å². The molecule has 0 bridgehead atoms. The molecule has 1 aliphatic rings. The van der Waals surface area contributed by atoms with Crippen molar-refractivity contribution in [1.82, 2.24) is 14.8 Å². The molecule has 3 aromatic rings. The average molecular weight is 540 g/mol. The molecule has 190 valence electrons. The van der Waals surface area contributed by atoms with Crippen LogP contribution in [-0.2, 0) is 30.6 Å². The Morgan fingerprint density at radius 2 is 2.22 bits per heavy atom. The molecule has 0 saturated carbocycles. The Labute approximate surface area is 225 Å². The lowest BCUT2D eigenvalue weighted by atomic mass is 9.72. The van der Waals surface area contributed by atoms with E-state index in [1.54, 1.807) is 22.7 Å². The second-order valence-corrected chi connectivity index (χ2v) is 13.3. The van der Waals surface area contributed by atoms with Crippen molar-refractivity contribution in [2.45, 2.75) is 71.5 Å². The number of thiophene rings is 2. The number of hydrogen-bond acceptors (Lipinski definition) is 7. The third kappa shape index (κ3) is 5.77. The molecular formula is C27H33N5OS3. The van der Waals surface area contributed by atoms with Gasteiger partial charge in [0, 0.05) is 27.2 Å². The molecule has 1 aliphatic carbocycles. The van der Waals surface area contributed by atoms with Crippen LogP contribution in [0, 0.1) is 22.7 Å². The highest BCUT2D eigenvalue weighted by atomic mass is 32.2. The van der Waals surface area contributed by atoms with Crippen LogP contribution in [0.5, 0.6) is 0 Å². The van der Waals surface area contributed by atoms with Gasteiger partial charge in [0.25, 0.3) is 0 Å². The first-order valence-electron chi connectivity index (χ1n) is 12.3. The normalized spacial score (nSPS) is 15.4. The smallest absolute Gasteiger partial charge is 0.235 e. The standard InChI is InChI=1S/C27H33N5OS3/c1-6-8-19-12-17(15-34-19)24-30-31-26(32(24)11-7-2)35-16-23(33)29-25-21(14-28)20-10-9-18(27(3,4)5)13-22(20)36-25/h7,12,15,18H,2,6,8-11,13,16H2,1,3-5H3,(H,29,33). The van der Waals surface area contributed by atoms with E-state index >= 15 is 0 Å². The fourth-order valence-electron chi connectivity index (χ4n) is 4.60. The van der Waals surface area contributed by atoms with Gasteiger partial charge in [-0.3, -0.25) is 9.36 Å². The van der Waals surface area contributed by atoms with Crippen LogP contribution in [-0.4, -0.2) is 26.4 Å². The molecule has 3 heterocycles. The van der Waals surface area contributed by atoms with Crippen LogP contribution in [0.3, 0.4) is 0 Å². The van der Waals surface area contributed by atoms with Gasteiger partial charge in [-0.15, -0.1) is 39.4 Å². The summed E-state index contributed by atoms with van der Waals surface area (Å²) in [5.41, 5.74) is 3.04. The molecule has 6 nitrogen and oxygen atoms in total. The highest BCUT2D eigenvalue weighted by molar-refractivity contribution is 7.99. The lowest BCUT2D eigenvalue weighted by Gasteiger charge is -2.33. The minimum atomic E-state index is -0.141. The van der Waals surface area contributed by atoms with Crippen molar-refractivity contribution in [3.8, 4) is 17.5 Å². The first-order valence-corrected chi connectivity index (χ1v) is 15.0. The van der Waals surface area contributed by atoms with E-state index in [2.05, 4.69) is 67.3 Å². The van der Waals surface area contributed by atoms with Gasteiger partial charge in [0.05, 0.1) is 11.3 Å². The van der Waals surface area contributed by atoms with Crippen molar-refractivity contribution >= 4 is 45.3 Å². The molecule has 1 atom stereocenters. The van der Waals surface area contributed by atoms with Crippen molar-refractivity contribution in [2.75, 3.05) is 11.1 Å². The second-order valence-electron chi connectivity index (χ2n) is 10.2. The molecule has 4 rings (SSSR count). The highest BCUT2D eigenvalue weighted by Gasteiger charge is 2.32. The molecule has 0 saturated heterocycles. The third-order valence-electron chi connectivity index (χ3n) is 6.62. The molecule has 9 heteroatoms. The van der Waals surface area contributed by atoms with Gasteiger partial charge < -0.3 is 5.32 Å². The SMILES string of the molecule is C=CCn1c(SCC(=O)Nc2sc3c(c2C#N)CCC(C(C)(C)C)C3)nnc1-c1csc(CCC)c1. The number of hydrogen-bond donors (Lipinski definition) is 1. The second kappa shape index (κ2) is 11.3. The van der Waals surface area contributed by atoms with Gasteiger partial charge in [-0.05, 0) is 48.6 Å². The number of carbonyl (C=O) groups is 1. The molecule has 1 N–H and O–H groups in total. The summed E-state index contributed by atoms with van der Waals surface area (Å²) >= 11 is 4.66. The highest BCUT2D eigenvalue weighted by Crippen LogP contribution is 2.44. The first kappa shape index (κ1) is 26.6. The third-order valence-corrected chi connectivity index (χ3v) is 9.76. The van der Waals surface area contributed by atoms with Gasteiger partial charge in [-0.2, -0.15) is 5.26 Å². The number of rotatable bonds is 9. The predicted molar refractivity (Wildman–Crippen MR) is 151 cm³/mol. The van der Waals surface area contributed by atoms with Crippen molar-refractivity contribution in [3.05, 3.63) is 45.0 Å². The molecule has 0 aromatic carbocycles. The van der Waals surface area contributed by atoms with E-state index in [-0.39, 0.29) is 17.1 Å². The van der Waals surface area contributed by atoms with Crippen molar-refractivity contribution < 1.29 is 4.79 Å². The van der Waals surface area contributed by atoms with Crippen LogP contribution >= 0.6 is 34.4 Å². The van der Waals surface area contributed by atoms with Gasteiger partial charge in [-0.1, -0.05) is 52.0 Å². The molecule has 1 amide bonds. The quantitative estimate of drug-likeness (QED) is 0.235. The van der Waals surface area contributed by atoms with Gasteiger partial charge in [0.2, 0.25) is 5.91 Å². The molecule has 0 aliphatic heterocycles. The number of allylic oxidation sites excluding steroid dienone is 1. The van der Waals surface area contributed by atoms with Crippen LogP contribution in [0.2, 0.25) is 0 Å². The van der Waals surface area contributed by atoms with E-state index in [1.807, 2.05) is 10.6 Å². The number of nitrogens with one attached hydrogen (secondary N) is 1. The number of nitrogens with zero attached hydrogens (tertiary/aromatic N) is 4. The predicted octanol–water partition coefficient (Wildman–Crippen LogP) is 6.96.